The van der Waals surface area contributed by atoms with Crippen LogP contribution in [-0.2, 0) is 11.3 Å². The van der Waals surface area contributed by atoms with Crippen LogP contribution in [0.5, 0.6) is 0 Å². The summed E-state index contributed by atoms with van der Waals surface area (Å²) in [5, 5.41) is 15.0. The van der Waals surface area contributed by atoms with Gasteiger partial charge in [0.25, 0.3) is 0 Å². The lowest BCUT2D eigenvalue weighted by molar-refractivity contribution is -0.122. The molecule has 1 aromatic carbocycles. The van der Waals surface area contributed by atoms with Gasteiger partial charge in [0.15, 0.2) is 5.82 Å². The third kappa shape index (κ3) is 4.83. The SMILES string of the molecule is CCCNC(=O)CN1CCN(Cc2nnnn2-c2ccccc2)CC1. The Morgan fingerprint density at radius 3 is 2.56 bits per heavy atom. The Bertz CT molecular complexity index is 665. The van der Waals surface area contributed by atoms with E-state index in [1.54, 1.807) is 4.68 Å². The van der Waals surface area contributed by atoms with E-state index in [1.165, 1.54) is 0 Å². The quantitative estimate of drug-likeness (QED) is 0.779. The van der Waals surface area contributed by atoms with Gasteiger partial charge in [-0.15, -0.1) is 5.10 Å². The van der Waals surface area contributed by atoms with Crippen LogP contribution in [-0.4, -0.2) is 75.2 Å². The summed E-state index contributed by atoms with van der Waals surface area (Å²) < 4.78 is 1.78. The molecule has 0 atom stereocenters. The zero-order chi connectivity index (χ0) is 17.5. The van der Waals surface area contributed by atoms with E-state index in [9.17, 15) is 4.79 Å². The summed E-state index contributed by atoms with van der Waals surface area (Å²) in [5.74, 6) is 0.948. The van der Waals surface area contributed by atoms with Crippen molar-refractivity contribution in [2.75, 3.05) is 39.3 Å². The van der Waals surface area contributed by atoms with Crippen LogP contribution in [0.2, 0.25) is 0 Å². The molecule has 1 saturated heterocycles. The normalized spacial score (nSPS) is 16.0. The summed E-state index contributed by atoms with van der Waals surface area (Å²) in [4.78, 5) is 16.3. The molecule has 1 N–H and O–H groups in total. The molecule has 0 saturated carbocycles. The molecule has 0 spiro atoms. The average molecular weight is 343 g/mol. The number of carbonyl (C=O) groups is 1. The summed E-state index contributed by atoms with van der Waals surface area (Å²) in [5.41, 5.74) is 0.966. The molecule has 1 aliphatic rings. The van der Waals surface area contributed by atoms with Crippen LogP contribution >= 0.6 is 0 Å². The third-order valence-electron chi connectivity index (χ3n) is 4.30. The van der Waals surface area contributed by atoms with E-state index < -0.39 is 0 Å². The summed E-state index contributed by atoms with van der Waals surface area (Å²) in [6.07, 6.45) is 0.968. The second kappa shape index (κ2) is 8.68. The first-order valence-electron chi connectivity index (χ1n) is 8.80. The fourth-order valence-electron chi connectivity index (χ4n) is 2.90. The number of hydrogen-bond donors (Lipinski definition) is 1. The lowest BCUT2D eigenvalue weighted by Crippen LogP contribution is -2.49. The number of nitrogens with zero attached hydrogens (tertiary/aromatic N) is 6. The van der Waals surface area contributed by atoms with E-state index in [-0.39, 0.29) is 5.91 Å². The molecule has 0 unspecified atom stereocenters. The van der Waals surface area contributed by atoms with Crippen molar-refractivity contribution in [2.45, 2.75) is 19.9 Å². The van der Waals surface area contributed by atoms with E-state index in [0.717, 1.165) is 50.7 Å². The van der Waals surface area contributed by atoms with Gasteiger partial charge < -0.3 is 5.32 Å². The number of tetrazole rings is 1. The Hall–Kier alpha value is -2.32. The van der Waals surface area contributed by atoms with Crippen molar-refractivity contribution < 1.29 is 4.79 Å². The van der Waals surface area contributed by atoms with Crippen molar-refractivity contribution in [1.29, 1.82) is 0 Å². The monoisotopic (exact) mass is 343 g/mol. The molecule has 1 aliphatic heterocycles. The highest BCUT2D eigenvalue weighted by molar-refractivity contribution is 5.77. The van der Waals surface area contributed by atoms with Crippen molar-refractivity contribution in [2.24, 2.45) is 0 Å². The third-order valence-corrected chi connectivity index (χ3v) is 4.30. The van der Waals surface area contributed by atoms with Gasteiger partial charge in [0.05, 0.1) is 18.8 Å². The largest absolute Gasteiger partial charge is 0.355 e. The number of hydrogen-bond acceptors (Lipinski definition) is 6. The lowest BCUT2D eigenvalue weighted by Gasteiger charge is -2.33. The maximum atomic E-state index is 11.8. The highest BCUT2D eigenvalue weighted by Gasteiger charge is 2.21. The van der Waals surface area contributed by atoms with Crippen LogP contribution in [0.4, 0.5) is 0 Å². The zero-order valence-electron chi connectivity index (χ0n) is 14.6. The molecule has 1 amide bonds. The Kier molecular flexibility index (Phi) is 6.08. The molecule has 1 aromatic heterocycles. The number of rotatable bonds is 7. The van der Waals surface area contributed by atoms with Gasteiger partial charge in [0.2, 0.25) is 5.91 Å². The maximum absolute atomic E-state index is 11.8. The molecule has 2 aromatic rings. The molecule has 3 rings (SSSR count). The summed E-state index contributed by atoms with van der Waals surface area (Å²) >= 11 is 0. The number of piperazine rings is 1. The topological polar surface area (TPSA) is 79.2 Å². The Morgan fingerprint density at radius 2 is 1.84 bits per heavy atom. The smallest absolute Gasteiger partial charge is 0.234 e. The van der Waals surface area contributed by atoms with Crippen LogP contribution in [0.15, 0.2) is 30.3 Å². The first-order valence-corrected chi connectivity index (χ1v) is 8.80. The van der Waals surface area contributed by atoms with Gasteiger partial charge in [-0.25, -0.2) is 0 Å². The predicted molar refractivity (Wildman–Crippen MR) is 94.2 cm³/mol. The van der Waals surface area contributed by atoms with Gasteiger partial charge in [0, 0.05) is 32.7 Å². The molecule has 25 heavy (non-hydrogen) atoms. The van der Waals surface area contributed by atoms with E-state index in [4.69, 9.17) is 0 Å². The summed E-state index contributed by atoms with van der Waals surface area (Å²) in [7, 11) is 0. The van der Waals surface area contributed by atoms with Gasteiger partial charge in [-0.3, -0.25) is 14.6 Å². The van der Waals surface area contributed by atoms with Crippen molar-refractivity contribution in [3.05, 3.63) is 36.2 Å². The molecule has 0 aliphatic carbocycles. The Labute approximate surface area is 147 Å². The van der Waals surface area contributed by atoms with Gasteiger partial charge in [-0.05, 0) is 29.0 Å². The van der Waals surface area contributed by atoms with E-state index in [0.29, 0.717) is 13.1 Å². The number of aromatic nitrogens is 4. The van der Waals surface area contributed by atoms with Crippen molar-refractivity contribution in [1.82, 2.24) is 35.3 Å². The van der Waals surface area contributed by atoms with Crippen LogP contribution in [0, 0.1) is 0 Å². The van der Waals surface area contributed by atoms with Gasteiger partial charge in [-0.1, -0.05) is 25.1 Å². The highest BCUT2D eigenvalue weighted by atomic mass is 16.2. The first-order chi connectivity index (χ1) is 12.3. The van der Waals surface area contributed by atoms with Crippen LogP contribution in [0.1, 0.15) is 19.2 Å². The van der Waals surface area contributed by atoms with Crippen LogP contribution in [0.25, 0.3) is 5.69 Å². The molecule has 0 radical (unpaired) electrons. The van der Waals surface area contributed by atoms with Crippen LogP contribution in [0.3, 0.4) is 0 Å². The van der Waals surface area contributed by atoms with E-state index in [1.807, 2.05) is 30.3 Å². The number of nitrogens with one attached hydrogen (secondary N) is 1. The molecule has 0 bridgehead atoms. The molecule has 2 heterocycles. The molecule has 1 fully saturated rings. The summed E-state index contributed by atoms with van der Waals surface area (Å²) in [6, 6.07) is 9.91. The van der Waals surface area contributed by atoms with Crippen LogP contribution < -0.4 is 5.32 Å². The molecule has 8 nitrogen and oxygen atoms in total. The standard InChI is InChI=1S/C17H25N7O/c1-2-8-18-17(25)14-23-11-9-22(10-12-23)13-16-19-20-21-24(16)15-6-4-3-5-7-15/h3-7H,2,8-14H2,1H3,(H,18,25). The maximum Gasteiger partial charge on any atom is 0.234 e. The van der Waals surface area contributed by atoms with Crippen molar-refractivity contribution in [3.8, 4) is 5.69 Å². The van der Waals surface area contributed by atoms with Gasteiger partial charge in [-0.2, -0.15) is 4.68 Å². The molecular weight excluding hydrogens is 318 g/mol. The number of para-hydroxylation sites is 1. The Morgan fingerprint density at radius 1 is 1.12 bits per heavy atom. The molecule has 134 valence electrons. The number of amides is 1. The van der Waals surface area contributed by atoms with Crippen molar-refractivity contribution in [3.63, 3.8) is 0 Å². The average Bonchev–Trinajstić information content (AvgIpc) is 3.10. The lowest BCUT2D eigenvalue weighted by atomic mass is 10.3. The second-order valence-electron chi connectivity index (χ2n) is 6.24. The molecule has 8 heteroatoms. The molecular formula is C17H25N7O. The number of carbonyl (C=O) groups excluding carboxylic acids is 1. The minimum atomic E-state index is 0.114. The first kappa shape index (κ1) is 17.5. The minimum Gasteiger partial charge on any atom is -0.355 e. The van der Waals surface area contributed by atoms with E-state index in [2.05, 4.69) is 37.6 Å². The van der Waals surface area contributed by atoms with Gasteiger partial charge in [0.1, 0.15) is 0 Å². The predicted octanol–water partition coefficient (Wildman–Crippen LogP) is 0.306. The Balaban J connectivity index is 1.50. The fourth-order valence-corrected chi connectivity index (χ4v) is 2.90. The van der Waals surface area contributed by atoms with Gasteiger partial charge >= 0.3 is 0 Å². The minimum absolute atomic E-state index is 0.114. The highest BCUT2D eigenvalue weighted by Crippen LogP contribution is 2.10. The summed E-state index contributed by atoms with van der Waals surface area (Å²) in [6.45, 7) is 7.57. The zero-order valence-corrected chi connectivity index (χ0v) is 14.6. The van der Waals surface area contributed by atoms with E-state index >= 15 is 0 Å². The fraction of sp³-hybridized carbons (Fsp3) is 0.529. The number of benzene rings is 1. The van der Waals surface area contributed by atoms with Crippen molar-refractivity contribution >= 4 is 5.91 Å². The second-order valence-corrected chi connectivity index (χ2v) is 6.24.